The third kappa shape index (κ3) is 2.53. The summed E-state index contributed by atoms with van der Waals surface area (Å²) in [6.07, 6.45) is 2.76. The summed E-state index contributed by atoms with van der Waals surface area (Å²) in [5.74, 6) is 1.83. The molecule has 5 nitrogen and oxygen atoms in total. The molecule has 1 aromatic heterocycles. The smallest absolute Gasteiger partial charge is 0.132 e. The number of hydrogen-bond acceptors (Lipinski definition) is 5. The van der Waals surface area contributed by atoms with Crippen LogP contribution in [0.2, 0.25) is 0 Å². The SMILES string of the molecule is CCOC1CC(O)C12CCN(c1cc(C)nc(C)n1)CC2. The van der Waals surface area contributed by atoms with Crippen molar-refractivity contribution >= 4 is 5.82 Å². The highest BCUT2D eigenvalue weighted by molar-refractivity contribution is 5.40. The predicted molar refractivity (Wildman–Crippen MR) is 81.4 cm³/mol. The zero-order chi connectivity index (χ0) is 15.0. The number of piperidine rings is 1. The third-order valence-corrected chi connectivity index (χ3v) is 5.08. The summed E-state index contributed by atoms with van der Waals surface area (Å²) < 4.78 is 5.82. The Morgan fingerprint density at radius 2 is 2.05 bits per heavy atom. The number of aliphatic hydroxyl groups excluding tert-OH is 1. The van der Waals surface area contributed by atoms with Crippen LogP contribution in [0.15, 0.2) is 6.07 Å². The minimum absolute atomic E-state index is 0.0242. The Balaban J connectivity index is 1.70. The van der Waals surface area contributed by atoms with Crippen LogP contribution in [0.5, 0.6) is 0 Å². The van der Waals surface area contributed by atoms with Gasteiger partial charge in [-0.15, -0.1) is 0 Å². The zero-order valence-corrected chi connectivity index (χ0v) is 13.2. The van der Waals surface area contributed by atoms with Crippen LogP contribution in [0.4, 0.5) is 5.82 Å². The molecule has 1 aromatic rings. The third-order valence-electron chi connectivity index (χ3n) is 5.08. The second-order valence-corrected chi connectivity index (χ2v) is 6.33. The summed E-state index contributed by atoms with van der Waals surface area (Å²) in [4.78, 5) is 11.2. The second kappa shape index (κ2) is 5.54. The van der Waals surface area contributed by atoms with E-state index in [1.807, 2.05) is 26.8 Å². The van der Waals surface area contributed by atoms with Crippen molar-refractivity contribution in [2.75, 3.05) is 24.6 Å². The highest BCUT2D eigenvalue weighted by Gasteiger charge is 2.56. The summed E-state index contributed by atoms with van der Waals surface area (Å²) in [7, 11) is 0. The van der Waals surface area contributed by atoms with E-state index in [9.17, 15) is 5.11 Å². The highest BCUT2D eigenvalue weighted by Crippen LogP contribution is 2.51. The number of nitrogens with zero attached hydrogens (tertiary/aromatic N) is 3. The van der Waals surface area contributed by atoms with E-state index < -0.39 is 0 Å². The Kier molecular flexibility index (Phi) is 3.88. The van der Waals surface area contributed by atoms with Gasteiger partial charge in [-0.3, -0.25) is 0 Å². The van der Waals surface area contributed by atoms with Crippen molar-refractivity contribution in [3.05, 3.63) is 17.6 Å². The van der Waals surface area contributed by atoms with Gasteiger partial charge in [0.05, 0.1) is 12.2 Å². The minimum Gasteiger partial charge on any atom is -0.392 e. The largest absolute Gasteiger partial charge is 0.392 e. The van der Waals surface area contributed by atoms with E-state index in [2.05, 4.69) is 14.9 Å². The van der Waals surface area contributed by atoms with E-state index >= 15 is 0 Å². The molecular formula is C16H25N3O2. The molecule has 21 heavy (non-hydrogen) atoms. The van der Waals surface area contributed by atoms with Crippen LogP contribution in [-0.2, 0) is 4.74 Å². The van der Waals surface area contributed by atoms with E-state index in [0.717, 1.165) is 56.3 Å². The fourth-order valence-corrected chi connectivity index (χ4v) is 3.83. The molecular weight excluding hydrogens is 266 g/mol. The number of hydrogen-bond donors (Lipinski definition) is 1. The van der Waals surface area contributed by atoms with E-state index in [1.165, 1.54) is 0 Å². The molecule has 1 aliphatic carbocycles. The molecule has 0 aromatic carbocycles. The lowest BCUT2D eigenvalue weighted by Gasteiger charge is -2.56. The summed E-state index contributed by atoms with van der Waals surface area (Å²) in [5.41, 5.74) is 0.984. The Hall–Kier alpha value is -1.20. The molecule has 1 N–H and O–H groups in total. The first-order valence-corrected chi connectivity index (χ1v) is 7.92. The molecule has 1 spiro atoms. The van der Waals surface area contributed by atoms with Crippen LogP contribution in [0.3, 0.4) is 0 Å². The monoisotopic (exact) mass is 291 g/mol. The molecule has 0 bridgehead atoms. The van der Waals surface area contributed by atoms with Crippen LogP contribution in [0.1, 0.15) is 37.7 Å². The molecule has 116 valence electrons. The van der Waals surface area contributed by atoms with Gasteiger partial charge in [0.1, 0.15) is 11.6 Å². The standard InChI is InChI=1S/C16H25N3O2/c1-4-21-14-10-13(20)16(14)5-7-19(8-6-16)15-9-11(2)17-12(3)18-15/h9,13-14,20H,4-8,10H2,1-3H3. The Morgan fingerprint density at radius 3 is 2.62 bits per heavy atom. The molecule has 1 saturated carbocycles. The molecule has 1 saturated heterocycles. The van der Waals surface area contributed by atoms with Gasteiger partial charge in [-0.05, 0) is 33.6 Å². The van der Waals surface area contributed by atoms with Crippen molar-refractivity contribution in [1.29, 1.82) is 0 Å². The Labute approximate surface area is 126 Å². The quantitative estimate of drug-likeness (QED) is 0.921. The van der Waals surface area contributed by atoms with Gasteiger partial charge in [0.2, 0.25) is 0 Å². The highest BCUT2D eigenvalue weighted by atomic mass is 16.5. The van der Waals surface area contributed by atoms with E-state index in [0.29, 0.717) is 0 Å². The Bertz CT molecular complexity index is 490. The molecule has 0 amide bonds. The Morgan fingerprint density at radius 1 is 1.33 bits per heavy atom. The van der Waals surface area contributed by atoms with Crippen molar-refractivity contribution in [3.8, 4) is 0 Å². The van der Waals surface area contributed by atoms with Gasteiger partial charge in [-0.2, -0.15) is 0 Å². The van der Waals surface area contributed by atoms with E-state index in [4.69, 9.17) is 4.74 Å². The van der Waals surface area contributed by atoms with Crippen LogP contribution >= 0.6 is 0 Å². The summed E-state index contributed by atoms with van der Waals surface area (Å²) >= 11 is 0. The molecule has 3 rings (SSSR count). The summed E-state index contributed by atoms with van der Waals surface area (Å²) in [6.45, 7) is 8.55. The maximum Gasteiger partial charge on any atom is 0.132 e. The van der Waals surface area contributed by atoms with Crippen molar-refractivity contribution in [1.82, 2.24) is 9.97 Å². The van der Waals surface area contributed by atoms with Crippen LogP contribution < -0.4 is 4.90 Å². The van der Waals surface area contributed by atoms with Gasteiger partial charge in [0.25, 0.3) is 0 Å². The first-order valence-electron chi connectivity index (χ1n) is 7.92. The average molecular weight is 291 g/mol. The molecule has 2 aliphatic rings. The topological polar surface area (TPSA) is 58.5 Å². The lowest BCUT2D eigenvalue weighted by atomic mass is 9.58. The number of ether oxygens (including phenoxy) is 1. The minimum atomic E-state index is -0.204. The lowest BCUT2D eigenvalue weighted by Crippen LogP contribution is -2.62. The average Bonchev–Trinajstić information content (AvgIpc) is 2.46. The van der Waals surface area contributed by atoms with E-state index in [-0.39, 0.29) is 17.6 Å². The first kappa shape index (κ1) is 14.7. The summed E-state index contributed by atoms with van der Waals surface area (Å²) in [5, 5.41) is 10.2. The fraction of sp³-hybridized carbons (Fsp3) is 0.750. The normalized spacial score (nSPS) is 27.7. The van der Waals surface area contributed by atoms with Crippen LogP contribution in [-0.4, -0.2) is 47.0 Å². The number of rotatable bonds is 3. The maximum absolute atomic E-state index is 10.2. The van der Waals surface area contributed by atoms with Crippen LogP contribution in [0.25, 0.3) is 0 Å². The van der Waals surface area contributed by atoms with Crippen molar-refractivity contribution < 1.29 is 9.84 Å². The molecule has 0 radical (unpaired) electrons. The molecule has 2 fully saturated rings. The van der Waals surface area contributed by atoms with Crippen molar-refractivity contribution in [2.45, 2.75) is 52.2 Å². The summed E-state index contributed by atoms with van der Waals surface area (Å²) in [6, 6.07) is 2.04. The number of anilines is 1. The molecule has 1 aliphatic heterocycles. The van der Waals surface area contributed by atoms with E-state index in [1.54, 1.807) is 0 Å². The lowest BCUT2D eigenvalue weighted by molar-refractivity contribution is -0.199. The van der Waals surface area contributed by atoms with Crippen molar-refractivity contribution in [3.63, 3.8) is 0 Å². The van der Waals surface area contributed by atoms with Gasteiger partial charge < -0.3 is 14.7 Å². The number of aryl methyl sites for hydroxylation is 2. The van der Waals surface area contributed by atoms with Gasteiger partial charge in [-0.25, -0.2) is 9.97 Å². The number of aromatic nitrogens is 2. The molecule has 2 heterocycles. The van der Waals surface area contributed by atoms with Gasteiger partial charge in [0.15, 0.2) is 0 Å². The molecule has 2 atom stereocenters. The molecule has 5 heteroatoms. The predicted octanol–water partition coefficient (Wildman–Crippen LogP) is 1.85. The van der Waals surface area contributed by atoms with Gasteiger partial charge in [-0.1, -0.05) is 0 Å². The second-order valence-electron chi connectivity index (χ2n) is 6.33. The first-order chi connectivity index (χ1) is 10.0. The van der Waals surface area contributed by atoms with Crippen LogP contribution in [0, 0.1) is 19.3 Å². The van der Waals surface area contributed by atoms with Crippen molar-refractivity contribution in [2.24, 2.45) is 5.41 Å². The zero-order valence-electron chi connectivity index (χ0n) is 13.2. The number of aliphatic hydroxyl groups is 1. The molecule has 2 unspecified atom stereocenters. The maximum atomic E-state index is 10.2. The fourth-order valence-electron chi connectivity index (χ4n) is 3.83. The van der Waals surface area contributed by atoms with Gasteiger partial charge >= 0.3 is 0 Å². The van der Waals surface area contributed by atoms with Gasteiger partial charge in [0, 0.05) is 43.3 Å².